The van der Waals surface area contributed by atoms with Gasteiger partial charge in [-0.15, -0.1) is 15.3 Å². The molecule has 9 heteroatoms. The van der Waals surface area contributed by atoms with E-state index in [0.717, 1.165) is 24.7 Å². The Balaban J connectivity index is 1.10. The number of amides is 1. The Bertz CT molecular complexity index is 1110. The molecule has 3 heterocycles. The maximum atomic E-state index is 13.1. The number of carbonyl (C=O) groups is 1. The number of fused-ring (bicyclic) bond motifs is 1. The van der Waals surface area contributed by atoms with Gasteiger partial charge in [0.25, 0.3) is 0 Å². The molecule has 34 heavy (non-hydrogen) atoms. The molecule has 8 nitrogen and oxygen atoms in total. The third kappa shape index (κ3) is 5.52. The summed E-state index contributed by atoms with van der Waals surface area (Å²) < 4.78 is 14.8. The van der Waals surface area contributed by atoms with Crippen LogP contribution in [0, 0.1) is 11.7 Å². The number of hydrogen-bond donors (Lipinski definition) is 2. The Hall–Kier alpha value is -3.07. The Kier molecular flexibility index (Phi) is 6.99. The lowest BCUT2D eigenvalue weighted by Gasteiger charge is -2.23. The van der Waals surface area contributed by atoms with Crippen LogP contribution >= 0.6 is 0 Å². The topological polar surface area (TPSA) is 87.5 Å². The maximum absolute atomic E-state index is 13.1. The second-order valence-electron chi connectivity index (χ2n) is 9.48. The first kappa shape index (κ1) is 22.7. The average molecular weight is 466 g/mol. The first-order chi connectivity index (χ1) is 16.6. The molecule has 2 aromatic heterocycles. The van der Waals surface area contributed by atoms with E-state index in [1.807, 2.05) is 12.1 Å². The van der Waals surface area contributed by atoms with Crippen molar-refractivity contribution in [2.24, 2.45) is 5.92 Å². The molecule has 5 rings (SSSR count). The van der Waals surface area contributed by atoms with Crippen LogP contribution in [0.25, 0.3) is 5.65 Å². The molecule has 180 valence electrons. The SMILES string of the molecule is O=C(CCc1nnc2ccc(NCc3ccc(F)cc3)nn12)NCC1CCN(C2CCCC2)C1. The highest BCUT2D eigenvalue weighted by Gasteiger charge is 2.29. The monoisotopic (exact) mass is 465 g/mol. The van der Waals surface area contributed by atoms with Gasteiger partial charge in [-0.1, -0.05) is 25.0 Å². The maximum Gasteiger partial charge on any atom is 0.220 e. The number of anilines is 1. The third-order valence-electron chi connectivity index (χ3n) is 7.04. The van der Waals surface area contributed by atoms with E-state index in [4.69, 9.17) is 0 Å². The molecular weight excluding hydrogens is 433 g/mol. The van der Waals surface area contributed by atoms with Crippen LogP contribution in [0.4, 0.5) is 10.2 Å². The summed E-state index contributed by atoms with van der Waals surface area (Å²) in [6.07, 6.45) is 7.39. The van der Waals surface area contributed by atoms with Gasteiger partial charge in [-0.3, -0.25) is 4.79 Å². The molecule has 1 aliphatic heterocycles. The van der Waals surface area contributed by atoms with Crippen molar-refractivity contribution < 1.29 is 9.18 Å². The van der Waals surface area contributed by atoms with Gasteiger partial charge in [0.15, 0.2) is 11.5 Å². The standard InChI is InChI=1S/C25H32FN7O/c26-20-7-5-18(6-8-20)15-27-22-9-10-23-29-30-24(33(23)31-22)11-12-25(34)28-16-19-13-14-32(17-19)21-3-1-2-4-21/h5-10,19,21H,1-4,11-17H2,(H,27,31)(H,28,34). The van der Waals surface area contributed by atoms with Crippen molar-refractivity contribution >= 4 is 17.4 Å². The molecule has 0 spiro atoms. The Morgan fingerprint density at radius 1 is 1.06 bits per heavy atom. The molecule has 3 aromatic rings. The van der Waals surface area contributed by atoms with Crippen LogP contribution in [-0.2, 0) is 17.8 Å². The predicted octanol–water partition coefficient (Wildman–Crippen LogP) is 3.19. The largest absolute Gasteiger partial charge is 0.365 e. The van der Waals surface area contributed by atoms with Crippen LogP contribution < -0.4 is 10.6 Å². The summed E-state index contributed by atoms with van der Waals surface area (Å²) in [7, 11) is 0. The number of likely N-dealkylation sites (tertiary alicyclic amines) is 1. The molecule has 1 atom stereocenters. The van der Waals surface area contributed by atoms with Crippen molar-refractivity contribution in [2.75, 3.05) is 25.0 Å². The molecule has 2 fully saturated rings. The molecule has 0 radical (unpaired) electrons. The fourth-order valence-corrected chi connectivity index (χ4v) is 5.08. The summed E-state index contributed by atoms with van der Waals surface area (Å²) in [5, 5.41) is 19.3. The second kappa shape index (κ2) is 10.5. The van der Waals surface area contributed by atoms with Crippen LogP contribution in [0.15, 0.2) is 36.4 Å². The number of rotatable bonds is 9. The normalized spacial score (nSPS) is 19.1. The van der Waals surface area contributed by atoms with Gasteiger partial charge in [-0.05, 0) is 61.6 Å². The summed E-state index contributed by atoms with van der Waals surface area (Å²) in [5.74, 6) is 1.66. The van der Waals surface area contributed by atoms with E-state index in [9.17, 15) is 9.18 Å². The number of carbonyl (C=O) groups excluding carboxylic acids is 1. The van der Waals surface area contributed by atoms with E-state index in [1.165, 1.54) is 50.8 Å². The smallest absolute Gasteiger partial charge is 0.220 e. The van der Waals surface area contributed by atoms with Crippen molar-refractivity contribution in [1.29, 1.82) is 0 Å². The summed E-state index contributed by atoms with van der Waals surface area (Å²) in [5.41, 5.74) is 1.60. The Morgan fingerprint density at radius 2 is 1.88 bits per heavy atom. The van der Waals surface area contributed by atoms with E-state index >= 15 is 0 Å². The minimum Gasteiger partial charge on any atom is -0.365 e. The van der Waals surface area contributed by atoms with E-state index < -0.39 is 0 Å². The number of aryl methyl sites for hydroxylation is 1. The van der Waals surface area contributed by atoms with Crippen molar-refractivity contribution in [3.63, 3.8) is 0 Å². The van der Waals surface area contributed by atoms with Gasteiger partial charge in [0.1, 0.15) is 11.6 Å². The second-order valence-corrected chi connectivity index (χ2v) is 9.48. The molecule has 1 saturated heterocycles. The molecular formula is C25H32FN7O. The van der Waals surface area contributed by atoms with Gasteiger partial charge < -0.3 is 15.5 Å². The molecule has 1 aromatic carbocycles. The lowest BCUT2D eigenvalue weighted by atomic mass is 10.1. The van der Waals surface area contributed by atoms with Crippen LogP contribution in [-0.4, -0.2) is 56.3 Å². The Morgan fingerprint density at radius 3 is 2.71 bits per heavy atom. The highest BCUT2D eigenvalue weighted by atomic mass is 19.1. The summed E-state index contributed by atoms with van der Waals surface area (Å²) >= 11 is 0. The summed E-state index contributed by atoms with van der Waals surface area (Å²) in [6, 6.07) is 10.8. The zero-order valence-corrected chi connectivity index (χ0v) is 19.4. The first-order valence-corrected chi connectivity index (χ1v) is 12.3. The lowest BCUT2D eigenvalue weighted by molar-refractivity contribution is -0.121. The van der Waals surface area contributed by atoms with Gasteiger partial charge in [0.2, 0.25) is 5.91 Å². The van der Waals surface area contributed by atoms with Crippen LogP contribution in [0.5, 0.6) is 0 Å². The van der Waals surface area contributed by atoms with E-state index in [-0.39, 0.29) is 11.7 Å². The van der Waals surface area contributed by atoms with Gasteiger partial charge in [-0.2, -0.15) is 4.52 Å². The van der Waals surface area contributed by atoms with Crippen LogP contribution in [0.2, 0.25) is 0 Å². The van der Waals surface area contributed by atoms with Crippen molar-refractivity contribution in [1.82, 2.24) is 30.0 Å². The zero-order valence-electron chi connectivity index (χ0n) is 19.4. The summed E-state index contributed by atoms with van der Waals surface area (Å²) in [4.78, 5) is 15.1. The third-order valence-corrected chi connectivity index (χ3v) is 7.04. The molecule has 1 aliphatic carbocycles. The molecule has 2 aliphatic rings. The molecule has 2 N–H and O–H groups in total. The first-order valence-electron chi connectivity index (χ1n) is 12.3. The minimum absolute atomic E-state index is 0.0432. The van der Waals surface area contributed by atoms with Crippen LogP contribution in [0.1, 0.15) is 49.9 Å². The van der Waals surface area contributed by atoms with E-state index in [1.54, 1.807) is 16.6 Å². The lowest BCUT2D eigenvalue weighted by Crippen LogP contribution is -2.34. The fraction of sp³-hybridized carbons (Fsp3) is 0.520. The number of aromatic nitrogens is 4. The zero-order chi connectivity index (χ0) is 23.3. The number of nitrogens with one attached hydrogen (secondary N) is 2. The van der Waals surface area contributed by atoms with Crippen molar-refractivity contribution in [3.05, 3.63) is 53.6 Å². The predicted molar refractivity (Wildman–Crippen MR) is 128 cm³/mol. The Labute approximate surface area is 198 Å². The van der Waals surface area contributed by atoms with Gasteiger partial charge in [-0.25, -0.2) is 4.39 Å². The van der Waals surface area contributed by atoms with Gasteiger partial charge in [0, 0.05) is 38.5 Å². The van der Waals surface area contributed by atoms with E-state index in [0.29, 0.717) is 42.6 Å². The molecule has 1 amide bonds. The minimum atomic E-state index is -0.254. The fourth-order valence-electron chi connectivity index (χ4n) is 5.08. The highest BCUT2D eigenvalue weighted by Crippen LogP contribution is 2.28. The number of benzene rings is 1. The summed E-state index contributed by atoms with van der Waals surface area (Å²) in [6.45, 7) is 3.55. The van der Waals surface area contributed by atoms with Crippen LogP contribution in [0.3, 0.4) is 0 Å². The average Bonchev–Trinajstić information content (AvgIpc) is 3.62. The van der Waals surface area contributed by atoms with Gasteiger partial charge >= 0.3 is 0 Å². The quantitative estimate of drug-likeness (QED) is 0.505. The number of halogens is 1. The van der Waals surface area contributed by atoms with Crippen molar-refractivity contribution in [3.8, 4) is 0 Å². The molecule has 0 bridgehead atoms. The molecule has 1 saturated carbocycles. The van der Waals surface area contributed by atoms with E-state index in [2.05, 4.69) is 30.8 Å². The molecule has 1 unspecified atom stereocenters. The number of nitrogens with zero attached hydrogens (tertiary/aromatic N) is 5. The highest BCUT2D eigenvalue weighted by molar-refractivity contribution is 5.76. The van der Waals surface area contributed by atoms with Gasteiger partial charge in [0.05, 0.1) is 0 Å². The number of hydrogen-bond acceptors (Lipinski definition) is 6. The van der Waals surface area contributed by atoms with Crippen molar-refractivity contribution in [2.45, 2.75) is 57.5 Å².